The van der Waals surface area contributed by atoms with Gasteiger partial charge in [-0.3, -0.25) is 19.7 Å². The molecule has 2 aliphatic heterocycles. The van der Waals surface area contributed by atoms with Crippen molar-refractivity contribution in [1.29, 1.82) is 0 Å². The highest BCUT2D eigenvalue weighted by atomic mass is 16.5. The van der Waals surface area contributed by atoms with Crippen LogP contribution in [0.2, 0.25) is 0 Å². The molecule has 3 aromatic rings. The fourth-order valence-electron chi connectivity index (χ4n) is 4.40. The second-order valence-corrected chi connectivity index (χ2v) is 8.18. The van der Waals surface area contributed by atoms with Crippen LogP contribution in [0.1, 0.15) is 37.6 Å². The number of benzene rings is 2. The quantitative estimate of drug-likeness (QED) is 0.505. The third kappa shape index (κ3) is 3.10. The lowest BCUT2D eigenvalue weighted by molar-refractivity contribution is -0.125. The first-order valence-electron chi connectivity index (χ1n) is 10.2. The maximum absolute atomic E-state index is 13.1. The summed E-state index contributed by atoms with van der Waals surface area (Å²) in [6.07, 6.45) is 0. The lowest BCUT2D eigenvalue weighted by atomic mass is 9.95. The second-order valence-electron chi connectivity index (χ2n) is 8.18. The van der Waals surface area contributed by atoms with Crippen molar-refractivity contribution in [2.45, 2.75) is 19.0 Å². The third-order valence-corrected chi connectivity index (χ3v) is 6.11. The summed E-state index contributed by atoms with van der Waals surface area (Å²) < 4.78 is 11.2. The molecule has 168 valence electrons. The lowest BCUT2D eigenvalue weighted by Crippen LogP contribution is -2.52. The topological polar surface area (TPSA) is 144 Å². The number of furan rings is 1. The number of primary amides is 1. The molecule has 1 fully saturated rings. The molecule has 1 atom stereocenters. The monoisotopic (exact) mass is 448 g/mol. The largest absolute Gasteiger partial charge is 0.497 e. The van der Waals surface area contributed by atoms with E-state index in [9.17, 15) is 19.2 Å². The van der Waals surface area contributed by atoms with Crippen LogP contribution in [-0.2, 0) is 16.9 Å². The van der Waals surface area contributed by atoms with Gasteiger partial charge >= 0.3 is 6.03 Å². The number of carbonyl (C=O) groups excluding carboxylic acids is 4. The summed E-state index contributed by atoms with van der Waals surface area (Å²) in [5, 5.41) is 5.42. The van der Waals surface area contributed by atoms with Crippen LogP contribution < -0.4 is 21.1 Å². The molecular formula is C23H20N4O6. The number of rotatable bonds is 5. The molecule has 1 saturated heterocycles. The maximum Gasteiger partial charge on any atom is 0.322 e. The average molecular weight is 448 g/mol. The van der Waals surface area contributed by atoms with Crippen LogP contribution in [0.25, 0.3) is 11.0 Å². The SMILES string of the molecule is COc1ccc2c(c1)C(=O)N(CC1(c3cc4cc(C(N)=O)c(C)cc4o3)NC(=O)NC1=O)C2. The van der Waals surface area contributed by atoms with Gasteiger partial charge in [0, 0.05) is 23.1 Å². The van der Waals surface area contributed by atoms with E-state index in [1.54, 1.807) is 43.3 Å². The number of nitrogens with one attached hydrogen (secondary N) is 2. The zero-order valence-electron chi connectivity index (χ0n) is 17.9. The molecular weight excluding hydrogens is 428 g/mol. The van der Waals surface area contributed by atoms with Crippen molar-refractivity contribution < 1.29 is 28.3 Å². The number of ether oxygens (including phenoxy) is 1. The van der Waals surface area contributed by atoms with Gasteiger partial charge in [0.1, 0.15) is 17.1 Å². The van der Waals surface area contributed by atoms with Gasteiger partial charge in [-0.25, -0.2) is 4.79 Å². The van der Waals surface area contributed by atoms with Gasteiger partial charge in [-0.05, 0) is 48.4 Å². The van der Waals surface area contributed by atoms with E-state index in [0.29, 0.717) is 33.4 Å². The molecule has 2 aliphatic rings. The normalized spacial score (nSPS) is 19.6. The summed E-state index contributed by atoms with van der Waals surface area (Å²) in [5.41, 5.74) is 6.42. The second kappa shape index (κ2) is 7.09. The van der Waals surface area contributed by atoms with E-state index < -0.39 is 23.4 Å². The van der Waals surface area contributed by atoms with Crippen molar-refractivity contribution in [3.05, 3.63) is 64.4 Å². The Morgan fingerprint density at radius 3 is 2.67 bits per heavy atom. The van der Waals surface area contributed by atoms with Gasteiger partial charge in [0.25, 0.3) is 11.8 Å². The highest BCUT2D eigenvalue weighted by Crippen LogP contribution is 2.35. The third-order valence-electron chi connectivity index (χ3n) is 6.11. The maximum atomic E-state index is 13.1. The van der Waals surface area contributed by atoms with E-state index >= 15 is 0 Å². The Labute approximate surface area is 187 Å². The van der Waals surface area contributed by atoms with Gasteiger partial charge in [-0.15, -0.1) is 0 Å². The molecule has 5 amide bonds. The Kier molecular flexibility index (Phi) is 4.42. The molecule has 10 nitrogen and oxygen atoms in total. The van der Waals surface area contributed by atoms with Crippen molar-refractivity contribution >= 4 is 34.7 Å². The molecule has 5 rings (SSSR count). The van der Waals surface area contributed by atoms with Crippen molar-refractivity contribution in [3.8, 4) is 5.75 Å². The summed E-state index contributed by atoms with van der Waals surface area (Å²) in [4.78, 5) is 51.4. The highest BCUT2D eigenvalue weighted by molar-refractivity contribution is 6.08. The van der Waals surface area contributed by atoms with Crippen LogP contribution in [0.4, 0.5) is 4.79 Å². The number of fused-ring (bicyclic) bond motifs is 2. The average Bonchev–Trinajstić information content (AvgIpc) is 3.41. The van der Waals surface area contributed by atoms with Crippen molar-refractivity contribution in [3.63, 3.8) is 0 Å². The molecule has 10 heteroatoms. The van der Waals surface area contributed by atoms with Crippen LogP contribution in [0.15, 0.2) is 40.8 Å². The van der Waals surface area contributed by atoms with E-state index in [4.69, 9.17) is 14.9 Å². The lowest BCUT2D eigenvalue weighted by Gasteiger charge is -2.29. The molecule has 3 heterocycles. The van der Waals surface area contributed by atoms with Gasteiger partial charge in [0.2, 0.25) is 5.91 Å². The molecule has 4 N–H and O–H groups in total. The molecule has 2 aromatic carbocycles. The Balaban J connectivity index is 1.56. The molecule has 0 radical (unpaired) electrons. The summed E-state index contributed by atoms with van der Waals surface area (Å²) in [6, 6.07) is 9.29. The predicted molar refractivity (Wildman–Crippen MR) is 116 cm³/mol. The van der Waals surface area contributed by atoms with Crippen molar-refractivity contribution in [2.75, 3.05) is 13.7 Å². The van der Waals surface area contributed by atoms with Gasteiger partial charge in [-0.2, -0.15) is 0 Å². The van der Waals surface area contributed by atoms with Crippen LogP contribution in [-0.4, -0.2) is 42.3 Å². The number of hydrogen-bond donors (Lipinski definition) is 3. The van der Waals surface area contributed by atoms with Crippen LogP contribution >= 0.6 is 0 Å². The van der Waals surface area contributed by atoms with E-state index in [0.717, 1.165) is 5.56 Å². The molecule has 1 aromatic heterocycles. The fourth-order valence-corrected chi connectivity index (χ4v) is 4.40. The minimum atomic E-state index is -1.64. The van der Waals surface area contributed by atoms with Crippen molar-refractivity contribution in [2.24, 2.45) is 5.73 Å². The van der Waals surface area contributed by atoms with E-state index in [1.807, 2.05) is 0 Å². The zero-order valence-corrected chi connectivity index (χ0v) is 17.9. The number of carbonyl (C=O) groups is 4. The van der Waals surface area contributed by atoms with Crippen LogP contribution in [0, 0.1) is 6.92 Å². The predicted octanol–water partition coefficient (Wildman–Crippen LogP) is 1.54. The first-order chi connectivity index (χ1) is 15.7. The summed E-state index contributed by atoms with van der Waals surface area (Å²) >= 11 is 0. The highest BCUT2D eigenvalue weighted by Gasteiger charge is 2.53. The van der Waals surface area contributed by atoms with Gasteiger partial charge < -0.3 is 25.1 Å². The minimum absolute atomic E-state index is 0.142. The number of aryl methyl sites for hydroxylation is 1. The van der Waals surface area contributed by atoms with Crippen molar-refractivity contribution in [1.82, 2.24) is 15.5 Å². The Morgan fingerprint density at radius 2 is 2.00 bits per heavy atom. The Hall–Kier alpha value is -4.34. The number of urea groups is 1. The van der Waals surface area contributed by atoms with Gasteiger partial charge in [-0.1, -0.05) is 6.07 Å². The van der Waals surface area contributed by atoms with Crippen LogP contribution in [0.5, 0.6) is 5.75 Å². The molecule has 0 spiro atoms. The van der Waals surface area contributed by atoms with Gasteiger partial charge in [0.15, 0.2) is 5.54 Å². The summed E-state index contributed by atoms with van der Waals surface area (Å²) in [6.45, 7) is 1.83. The molecule has 0 saturated carbocycles. The van der Waals surface area contributed by atoms with Gasteiger partial charge in [0.05, 0.1) is 13.7 Å². The smallest absolute Gasteiger partial charge is 0.322 e. The zero-order chi connectivity index (χ0) is 23.5. The number of methoxy groups -OCH3 is 1. The van der Waals surface area contributed by atoms with E-state index in [-0.39, 0.29) is 24.8 Å². The van der Waals surface area contributed by atoms with E-state index in [1.165, 1.54) is 12.0 Å². The Morgan fingerprint density at radius 1 is 1.21 bits per heavy atom. The fraction of sp³-hybridized carbons (Fsp3) is 0.217. The summed E-state index contributed by atoms with van der Waals surface area (Å²) in [5.74, 6) is -0.832. The molecule has 0 aliphatic carbocycles. The van der Waals surface area contributed by atoms with Crippen LogP contribution in [0.3, 0.4) is 0 Å². The van der Waals surface area contributed by atoms with E-state index in [2.05, 4.69) is 10.6 Å². The number of amides is 5. The first kappa shape index (κ1) is 20.6. The molecule has 1 unspecified atom stereocenters. The molecule has 33 heavy (non-hydrogen) atoms. The standard InChI is InChI=1S/C23H20N4O6/c1-11-5-17-13(6-15(11)19(24)28)7-18(33-17)23(21(30)25-22(31)26-23)10-27-9-12-3-4-14(32-2)8-16(12)20(27)29/h3-8H,9-10H2,1-2H3,(H2,24,28)(H2,25,26,30,31). The first-order valence-corrected chi connectivity index (χ1v) is 10.2. The molecule has 0 bridgehead atoms. The Bertz CT molecular complexity index is 1380. The number of imide groups is 1. The minimum Gasteiger partial charge on any atom is -0.497 e. The number of nitrogens with zero attached hydrogens (tertiary/aromatic N) is 1. The number of nitrogens with two attached hydrogens (primary N) is 1. The number of hydrogen-bond acceptors (Lipinski definition) is 6. The summed E-state index contributed by atoms with van der Waals surface area (Å²) in [7, 11) is 1.51.